The molecule has 0 aliphatic heterocycles. The molecule has 0 aliphatic carbocycles. The van der Waals surface area contributed by atoms with E-state index in [0.29, 0.717) is 5.82 Å². The number of hydrogen-bond acceptors (Lipinski definition) is 12. The second-order valence-corrected chi connectivity index (χ2v) is 37.5. The minimum atomic E-state index is 0.713. The van der Waals surface area contributed by atoms with Crippen LogP contribution in [0.1, 0.15) is 34.2 Å². The number of nitrogens with zero attached hydrogens (tertiary/aromatic N) is 12. The molecule has 12 nitrogen and oxygen atoms in total. The SMILES string of the molecule is Cc1cc(C)nc(-c2ccc(-c3cc(-c4ccc(-c5nc(C)cc(C)n5)cc4)cc(-c4cc(-c5ccccc5)nc(-c5ccccc5)c4)c3)cc2)n1.Cc1cccc(-c2ccc(-c3cc(-c4ccc(-c5ccccn5)cc4)cc(-c4cc(-c5ccccc5)nc(-c5ccccc5)c4)c3)cc2)n1.Cc1cccc(-c2ccc(-c3cc(-c4ccc(-c5ncccn5)cc4)cc(-c4cc(-c5ccccc5)nc(-c5ccccc5)c4)c3)cc2)n1. The molecular formula is C138H102N12. The van der Waals surface area contributed by atoms with Gasteiger partial charge < -0.3 is 0 Å². The van der Waals surface area contributed by atoms with Crippen molar-refractivity contribution in [2.75, 3.05) is 0 Å². The minimum Gasteiger partial charge on any atom is -0.256 e. The van der Waals surface area contributed by atoms with Crippen molar-refractivity contribution in [2.45, 2.75) is 41.5 Å². The van der Waals surface area contributed by atoms with E-state index in [2.05, 4.69) is 421 Å². The van der Waals surface area contributed by atoms with E-state index >= 15 is 0 Å². The fraction of sp³-hybridized carbons (Fsp3) is 0.0435. The first-order valence-corrected chi connectivity index (χ1v) is 50.4. The first-order valence-electron chi connectivity index (χ1n) is 50.4. The summed E-state index contributed by atoms with van der Waals surface area (Å²) in [6.45, 7) is 12.1. The molecule has 0 saturated carbocycles. The third kappa shape index (κ3) is 22.5. The van der Waals surface area contributed by atoms with Gasteiger partial charge in [-0.05, 0) is 287 Å². The van der Waals surface area contributed by atoms with Gasteiger partial charge in [0.1, 0.15) is 0 Å². The summed E-state index contributed by atoms with van der Waals surface area (Å²) in [6.07, 6.45) is 5.38. The second kappa shape index (κ2) is 43.9. The maximum atomic E-state index is 5.14. The van der Waals surface area contributed by atoms with Crippen molar-refractivity contribution >= 4 is 0 Å². The van der Waals surface area contributed by atoms with Gasteiger partial charge >= 0.3 is 0 Å². The molecular weight excluding hydrogens is 1830 g/mol. The van der Waals surface area contributed by atoms with Gasteiger partial charge in [-0.2, -0.15) is 0 Å². The van der Waals surface area contributed by atoms with E-state index in [-0.39, 0.29) is 0 Å². The quantitative estimate of drug-likeness (QED) is 0.0672. The van der Waals surface area contributed by atoms with Gasteiger partial charge in [0.05, 0.1) is 51.2 Å². The molecule has 0 aliphatic rings. The number of aryl methyl sites for hydroxylation is 6. The van der Waals surface area contributed by atoms with Gasteiger partial charge in [-0.1, -0.05) is 346 Å². The van der Waals surface area contributed by atoms with Crippen molar-refractivity contribution in [3.63, 3.8) is 0 Å². The number of pyridine rings is 6. The molecule has 15 aromatic carbocycles. The largest absolute Gasteiger partial charge is 0.256 e. The average molecular weight is 1930 g/mol. The summed E-state index contributed by atoms with van der Waals surface area (Å²) in [4.78, 5) is 57.1. The lowest BCUT2D eigenvalue weighted by Crippen LogP contribution is -1.95. The van der Waals surface area contributed by atoms with Crippen LogP contribution in [0.15, 0.2) is 510 Å². The molecule has 0 N–H and O–H groups in total. The Hall–Kier alpha value is -19.6. The van der Waals surface area contributed by atoms with Crippen molar-refractivity contribution in [3.8, 4) is 236 Å². The molecule has 0 saturated heterocycles. The summed E-state index contributed by atoms with van der Waals surface area (Å²) < 4.78 is 0. The number of benzene rings is 15. The minimum absolute atomic E-state index is 0.713. The van der Waals surface area contributed by atoms with Gasteiger partial charge in [0, 0.05) is 120 Å². The fourth-order valence-electron chi connectivity index (χ4n) is 19.1. The van der Waals surface area contributed by atoms with E-state index in [9.17, 15) is 0 Å². The van der Waals surface area contributed by atoms with Crippen molar-refractivity contribution in [2.24, 2.45) is 0 Å². The highest BCUT2D eigenvalue weighted by atomic mass is 14.9. The lowest BCUT2D eigenvalue weighted by molar-refractivity contribution is 1.06. The molecule has 9 aromatic heterocycles. The summed E-state index contributed by atoms with van der Waals surface area (Å²) in [6, 6.07) is 172. The Labute approximate surface area is 875 Å². The van der Waals surface area contributed by atoms with Crippen LogP contribution in [0.3, 0.4) is 0 Å². The lowest BCUT2D eigenvalue weighted by Gasteiger charge is -2.14. The van der Waals surface area contributed by atoms with Gasteiger partial charge in [0.25, 0.3) is 0 Å². The van der Waals surface area contributed by atoms with E-state index in [0.717, 1.165) is 264 Å². The molecule has 714 valence electrons. The third-order valence-electron chi connectivity index (χ3n) is 26.6. The number of hydrogen-bond donors (Lipinski definition) is 0. The average Bonchev–Trinajstić information content (AvgIpc) is 0.784. The Morgan fingerprint density at radius 1 is 0.100 bits per heavy atom. The number of aromatic nitrogens is 12. The maximum absolute atomic E-state index is 5.14. The summed E-state index contributed by atoms with van der Waals surface area (Å²) >= 11 is 0. The number of rotatable bonds is 21. The fourth-order valence-corrected chi connectivity index (χ4v) is 19.1. The Morgan fingerprint density at radius 2 is 0.293 bits per heavy atom. The summed E-state index contributed by atoms with van der Waals surface area (Å²) in [5.74, 6) is 2.19. The van der Waals surface area contributed by atoms with Gasteiger partial charge in [-0.25, -0.2) is 44.9 Å². The van der Waals surface area contributed by atoms with E-state index in [1.165, 1.54) is 0 Å². The summed E-state index contributed by atoms with van der Waals surface area (Å²) in [5.41, 5.74) is 47.3. The van der Waals surface area contributed by atoms with Crippen LogP contribution in [0.5, 0.6) is 0 Å². The Balaban J connectivity index is 0.000000127. The molecule has 0 bridgehead atoms. The van der Waals surface area contributed by atoms with Crippen LogP contribution in [0.4, 0.5) is 0 Å². The van der Waals surface area contributed by atoms with Gasteiger partial charge in [-0.15, -0.1) is 0 Å². The standard InChI is InChI=1S/C47H37N5.C46H33N3.C45H32N4/c1-30-23-31(2)49-46(48-30)38-19-15-34(16-20-38)40-25-41(35-17-21-39(22-18-35)47-50-32(3)24-33(4)51-47)27-42(26-40)43-28-44(36-11-7-5-8-12-36)52-45(29-43)37-13-9-6-10-14-37;1-32-11-10-17-44(48-32)38-24-20-34(21-25-38)40-27-39(33-18-22-37(23-19-33)43-16-8-9-26-47-43)28-41(29-40)42-30-45(35-12-4-2-5-13-35)49-46(31-42)36-14-6-3-7-15-36;1-31-10-8-15-42(48-31)36-20-16-32(17-21-36)38-26-39(33-18-22-37(23-19-33)45-46-24-9-25-47-45)28-40(27-38)41-29-43(34-11-4-2-5-12-34)49-44(30-41)35-13-6-3-7-14-35/h5-29H,1-4H3;2-31H,1H3;2-30H,1H3. The first-order chi connectivity index (χ1) is 73.7. The maximum Gasteiger partial charge on any atom is 0.159 e. The topological polar surface area (TPSA) is 155 Å². The zero-order valence-electron chi connectivity index (χ0n) is 83.9. The predicted molar refractivity (Wildman–Crippen MR) is 615 cm³/mol. The third-order valence-corrected chi connectivity index (χ3v) is 26.6. The molecule has 0 spiro atoms. The smallest absolute Gasteiger partial charge is 0.159 e. The molecule has 0 radical (unpaired) electrons. The van der Waals surface area contributed by atoms with Crippen molar-refractivity contribution in [1.29, 1.82) is 0 Å². The molecule has 0 amide bonds. The Kier molecular flexibility index (Phi) is 27.9. The molecule has 9 heterocycles. The van der Waals surface area contributed by atoms with Crippen LogP contribution in [-0.2, 0) is 0 Å². The molecule has 0 atom stereocenters. The van der Waals surface area contributed by atoms with Crippen LogP contribution in [0, 0.1) is 41.5 Å². The normalized spacial score (nSPS) is 11.0. The second-order valence-electron chi connectivity index (χ2n) is 37.5. The van der Waals surface area contributed by atoms with Crippen molar-refractivity contribution in [1.82, 2.24) is 59.8 Å². The van der Waals surface area contributed by atoms with Gasteiger partial charge in [0.15, 0.2) is 17.5 Å². The molecule has 150 heavy (non-hydrogen) atoms. The van der Waals surface area contributed by atoms with Crippen molar-refractivity contribution < 1.29 is 0 Å². The molecule has 24 rings (SSSR count). The summed E-state index contributed by atoms with van der Waals surface area (Å²) in [5, 5.41) is 0. The van der Waals surface area contributed by atoms with Crippen LogP contribution < -0.4 is 0 Å². The van der Waals surface area contributed by atoms with E-state index < -0.39 is 0 Å². The van der Waals surface area contributed by atoms with Crippen LogP contribution >= 0.6 is 0 Å². The Morgan fingerprint density at radius 3 is 0.533 bits per heavy atom. The molecule has 0 unspecified atom stereocenters. The van der Waals surface area contributed by atoms with Gasteiger partial charge in [-0.3, -0.25) is 15.0 Å². The van der Waals surface area contributed by atoms with Crippen LogP contribution in [0.25, 0.3) is 236 Å². The van der Waals surface area contributed by atoms with Gasteiger partial charge in [0.2, 0.25) is 0 Å². The van der Waals surface area contributed by atoms with Crippen molar-refractivity contribution in [3.05, 3.63) is 544 Å². The van der Waals surface area contributed by atoms with E-state index in [4.69, 9.17) is 44.9 Å². The highest BCUT2D eigenvalue weighted by Crippen LogP contribution is 2.44. The zero-order chi connectivity index (χ0) is 102. The highest BCUT2D eigenvalue weighted by molar-refractivity contribution is 5.90. The van der Waals surface area contributed by atoms with Crippen LogP contribution in [-0.4, -0.2) is 59.8 Å². The Bertz CT molecular complexity index is 8210. The highest BCUT2D eigenvalue weighted by Gasteiger charge is 2.21. The lowest BCUT2D eigenvalue weighted by atomic mass is 9.91. The zero-order valence-corrected chi connectivity index (χ0v) is 83.9. The predicted octanol–water partition coefficient (Wildman–Crippen LogP) is 34.7. The van der Waals surface area contributed by atoms with E-state index in [1.807, 2.05) is 133 Å². The molecule has 24 aromatic rings. The molecule has 12 heteroatoms. The molecule has 0 fully saturated rings. The van der Waals surface area contributed by atoms with E-state index in [1.54, 1.807) is 12.4 Å². The summed E-state index contributed by atoms with van der Waals surface area (Å²) in [7, 11) is 0. The first kappa shape index (κ1) is 95.3. The monoisotopic (exact) mass is 1930 g/mol. The van der Waals surface area contributed by atoms with Crippen LogP contribution in [0.2, 0.25) is 0 Å².